The van der Waals surface area contributed by atoms with Crippen molar-refractivity contribution in [2.24, 2.45) is 5.92 Å². The van der Waals surface area contributed by atoms with Crippen molar-refractivity contribution in [3.63, 3.8) is 0 Å². The zero-order chi connectivity index (χ0) is 28.4. The van der Waals surface area contributed by atoms with Gasteiger partial charge in [-0.05, 0) is 24.3 Å². The number of anilines is 1. The Kier molecular flexibility index (Phi) is 10.3. The third kappa shape index (κ3) is 7.97. The monoisotopic (exact) mass is 538 g/mol. The van der Waals surface area contributed by atoms with Crippen LogP contribution in [0.2, 0.25) is 0 Å². The summed E-state index contributed by atoms with van der Waals surface area (Å²) in [5, 5.41) is 7.72. The Balaban J connectivity index is 1.47. The number of hydrogen-bond acceptors (Lipinski definition) is 9. The van der Waals surface area contributed by atoms with Crippen LogP contribution in [0.15, 0.2) is 43.0 Å². The van der Waals surface area contributed by atoms with Crippen molar-refractivity contribution < 1.29 is 23.9 Å². The number of imidazole rings is 1. The number of nitrogens with zero attached hydrogens (tertiary/aromatic N) is 4. The molecule has 3 aromatic rings. The van der Waals surface area contributed by atoms with E-state index in [0.29, 0.717) is 24.1 Å². The van der Waals surface area contributed by atoms with E-state index < -0.39 is 35.8 Å². The molecule has 13 heteroatoms. The maximum atomic E-state index is 12.9. The first-order chi connectivity index (χ1) is 18.7. The van der Waals surface area contributed by atoms with Gasteiger partial charge in [-0.2, -0.15) is 0 Å². The molecule has 0 radical (unpaired) electrons. The van der Waals surface area contributed by atoms with Crippen molar-refractivity contribution in [3.05, 3.63) is 48.5 Å². The van der Waals surface area contributed by atoms with Crippen LogP contribution in [0, 0.1) is 5.92 Å². The van der Waals surface area contributed by atoms with Crippen LogP contribution in [0.1, 0.15) is 39.2 Å². The molecule has 0 unspecified atom stereocenters. The minimum Gasteiger partial charge on any atom is -0.445 e. The summed E-state index contributed by atoms with van der Waals surface area (Å²) in [5.41, 5.74) is 7.67. The summed E-state index contributed by atoms with van der Waals surface area (Å²) >= 11 is 0. The van der Waals surface area contributed by atoms with Gasteiger partial charge in [-0.3, -0.25) is 14.4 Å². The summed E-state index contributed by atoms with van der Waals surface area (Å²) in [6.45, 7) is 5.94. The summed E-state index contributed by atoms with van der Waals surface area (Å²) in [7, 11) is 0. The van der Waals surface area contributed by atoms with Crippen molar-refractivity contribution in [2.45, 2.75) is 58.8 Å². The Morgan fingerprint density at radius 3 is 2.49 bits per heavy atom. The number of nitrogens with one attached hydrogen (secondary N) is 3. The first-order valence-corrected chi connectivity index (χ1v) is 12.7. The van der Waals surface area contributed by atoms with Gasteiger partial charge in [-0.1, -0.05) is 51.1 Å². The molecule has 0 aliphatic heterocycles. The second-order valence-electron chi connectivity index (χ2n) is 9.24. The molecule has 0 bridgehead atoms. The van der Waals surface area contributed by atoms with Gasteiger partial charge in [0.25, 0.3) is 5.91 Å². The van der Waals surface area contributed by atoms with E-state index in [1.807, 2.05) is 30.3 Å². The number of amides is 3. The van der Waals surface area contributed by atoms with Crippen LogP contribution in [-0.4, -0.2) is 61.8 Å². The van der Waals surface area contributed by atoms with Gasteiger partial charge < -0.3 is 31.0 Å². The lowest BCUT2D eigenvalue weighted by Gasteiger charge is -2.24. The lowest BCUT2D eigenvalue weighted by Crippen LogP contribution is -2.55. The number of nitrogen functional groups attached to an aromatic ring is 1. The number of ketones is 1. The van der Waals surface area contributed by atoms with E-state index in [0.717, 1.165) is 5.56 Å². The highest BCUT2D eigenvalue weighted by Crippen LogP contribution is 2.14. The van der Waals surface area contributed by atoms with E-state index in [1.54, 1.807) is 31.7 Å². The Morgan fingerprint density at radius 2 is 1.79 bits per heavy atom. The number of aromatic nitrogens is 4. The maximum Gasteiger partial charge on any atom is 0.408 e. The van der Waals surface area contributed by atoms with E-state index in [4.69, 9.17) is 10.5 Å². The highest BCUT2D eigenvalue weighted by Gasteiger charge is 2.30. The molecule has 2 atom stereocenters. The lowest BCUT2D eigenvalue weighted by molar-refractivity contribution is -0.140. The minimum atomic E-state index is -1.04. The number of carbonyl (C=O) groups is 4. The zero-order valence-electron chi connectivity index (χ0n) is 22.2. The summed E-state index contributed by atoms with van der Waals surface area (Å²) in [5.74, 6) is -2.17. The van der Waals surface area contributed by atoms with Gasteiger partial charge >= 0.3 is 6.09 Å². The number of alkyl carbamates (subject to hydrolysis) is 1. The van der Waals surface area contributed by atoms with Gasteiger partial charge in [0.15, 0.2) is 11.5 Å². The fourth-order valence-electron chi connectivity index (χ4n) is 3.80. The molecule has 0 spiro atoms. The molecule has 5 N–H and O–H groups in total. The second-order valence-corrected chi connectivity index (χ2v) is 9.24. The third-order valence-corrected chi connectivity index (χ3v) is 5.99. The van der Waals surface area contributed by atoms with Gasteiger partial charge in [-0.25, -0.2) is 19.7 Å². The van der Waals surface area contributed by atoms with Crippen LogP contribution in [0.5, 0.6) is 0 Å². The van der Waals surface area contributed by atoms with Gasteiger partial charge in [0.1, 0.15) is 24.5 Å². The zero-order valence-corrected chi connectivity index (χ0v) is 22.2. The molecule has 2 heterocycles. The molecular formula is C26H34N8O5. The van der Waals surface area contributed by atoms with E-state index >= 15 is 0 Å². The average Bonchev–Trinajstić information content (AvgIpc) is 3.35. The molecule has 0 aliphatic carbocycles. The number of benzene rings is 1. The molecule has 2 aromatic heterocycles. The number of nitrogens with two attached hydrogens (primary N) is 1. The smallest absolute Gasteiger partial charge is 0.408 e. The predicted octanol–water partition coefficient (Wildman–Crippen LogP) is 1.33. The molecule has 1 aromatic carbocycles. The minimum absolute atomic E-state index is 0.0498. The summed E-state index contributed by atoms with van der Waals surface area (Å²) in [6, 6.07) is 7.13. The van der Waals surface area contributed by atoms with Crippen molar-refractivity contribution in [2.75, 3.05) is 12.3 Å². The highest BCUT2D eigenvalue weighted by atomic mass is 16.5. The first-order valence-electron chi connectivity index (χ1n) is 12.7. The number of hydrogen-bond donors (Lipinski definition) is 4. The van der Waals surface area contributed by atoms with Gasteiger partial charge in [0, 0.05) is 13.1 Å². The van der Waals surface area contributed by atoms with E-state index in [1.165, 1.54) is 6.33 Å². The Morgan fingerprint density at radius 1 is 1.05 bits per heavy atom. The van der Waals surface area contributed by atoms with E-state index in [2.05, 4.69) is 30.9 Å². The fraction of sp³-hybridized carbons (Fsp3) is 0.423. The molecular weight excluding hydrogens is 504 g/mol. The highest BCUT2D eigenvalue weighted by molar-refractivity contribution is 6.38. The fourth-order valence-corrected chi connectivity index (χ4v) is 3.80. The number of aryl methyl sites for hydroxylation is 1. The number of rotatable bonds is 13. The standard InChI is InChI=1S/C26H34N8O5/c1-4-18(32-24(36)19(16(2)3)33-26(38)39-13-17-9-6-5-7-10-17)21(35)25(37)28-11-8-12-34-15-31-20-22(27)29-14-30-23(20)34/h5-7,9-10,14-16,18-19H,4,8,11-13H2,1-3H3,(H,28,37)(H,32,36)(H,33,38)(H2,27,29,30)/t18-,19-/m0/s1. The van der Waals surface area contributed by atoms with Crippen LogP contribution in [-0.2, 0) is 32.3 Å². The molecule has 0 fully saturated rings. The van der Waals surface area contributed by atoms with Crippen LogP contribution in [0.4, 0.5) is 10.6 Å². The molecule has 0 saturated carbocycles. The summed E-state index contributed by atoms with van der Waals surface area (Å²) in [4.78, 5) is 62.7. The topological polar surface area (TPSA) is 183 Å². The van der Waals surface area contributed by atoms with Crippen LogP contribution < -0.4 is 21.7 Å². The number of ether oxygens (including phenoxy) is 1. The molecule has 13 nitrogen and oxygen atoms in total. The molecule has 3 rings (SSSR count). The van der Waals surface area contributed by atoms with Crippen molar-refractivity contribution in [3.8, 4) is 0 Å². The Bertz CT molecular complexity index is 1290. The average molecular weight is 539 g/mol. The van der Waals surface area contributed by atoms with Crippen LogP contribution >= 0.6 is 0 Å². The van der Waals surface area contributed by atoms with Crippen molar-refractivity contribution in [1.82, 2.24) is 35.5 Å². The summed E-state index contributed by atoms with van der Waals surface area (Å²) in [6.07, 6.45) is 2.88. The van der Waals surface area contributed by atoms with E-state index in [-0.39, 0.29) is 31.3 Å². The van der Waals surface area contributed by atoms with Gasteiger partial charge in [0.2, 0.25) is 11.7 Å². The lowest BCUT2D eigenvalue weighted by atomic mass is 10.0. The summed E-state index contributed by atoms with van der Waals surface area (Å²) < 4.78 is 6.99. The van der Waals surface area contributed by atoms with Gasteiger partial charge in [0.05, 0.1) is 12.4 Å². The quantitative estimate of drug-likeness (QED) is 0.184. The van der Waals surface area contributed by atoms with Crippen LogP contribution in [0.3, 0.4) is 0 Å². The van der Waals surface area contributed by atoms with Crippen LogP contribution in [0.25, 0.3) is 11.2 Å². The molecule has 0 saturated heterocycles. The second kappa shape index (κ2) is 13.8. The Labute approximate surface area is 225 Å². The largest absolute Gasteiger partial charge is 0.445 e. The van der Waals surface area contributed by atoms with Gasteiger partial charge in [-0.15, -0.1) is 0 Å². The molecule has 39 heavy (non-hydrogen) atoms. The van der Waals surface area contributed by atoms with Crippen molar-refractivity contribution in [1.29, 1.82) is 0 Å². The Hall–Kier alpha value is -4.55. The SMILES string of the molecule is CC[C@H](NC(=O)[C@@H](NC(=O)OCc1ccccc1)C(C)C)C(=O)C(=O)NCCCn1cnc2c(N)ncnc21. The molecule has 0 aliphatic rings. The predicted molar refractivity (Wildman–Crippen MR) is 143 cm³/mol. The first kappa shape index (κ1) is 29.0. The normalized spacial score (nSPS) is 12.5. The number of fused-ring (bicyclic) bond motifs is 1. The molecule has 3 amide bonds. The molecule has 208 valence electrons. The van der Waals surface area contributed by atoms with Crippen molar-refractivity contribution >= 4 is 40.7 Å². The third-order valence-electron chi connectivity index (χ3n) is 5.99. The van der Waals surface area contributed by atoms with E-state index in [9.17, 15) is 19.2 Å². The number of carbonyl (C=O) groups excluding carboxylic acids is 4. The maximum absolute atomic E-state index is 12.9. The number of Topliss-reactive ketones (excluding diaryl/α,β-unsaturated/α-hetero) is 1.